The van der Waals surface area contributed by atoms with E-state index in [1.54, 1.807) is 11.9 Å². The van der Waals surface area contributed by atoms with E-state index >= 15 is 0 Å². The Labute approximate surface area is 118 Å². The molecule has 6 nitrogen and oxygen atoms in total. The Kier molecular flexibility index (Phi) is 4.70. The van der Waals surface area contributed by atoms with Crippen LogP contribution in [0.1, 0.15) is 29.0 Å². The number of hydrogen-bond acceptors (Lipinski definition) is 4. The molecule has 0 saturated heterocycles. The minimum absolute atomic E-state index is 0.0887. The van der Waals surface area contributed by atoms with Crippen molar-refractivity contribution in [2.24, 2.45) is 0 Å². The number of anilines is 1. The summed E-state index contributed by atoms with van der Waals surface area (Å²) in [6.45, 7) is 0.687. The van der Waals surface area contributed by atoms with E-state index in [2.05, 4.69) is 27.3 Å². The summed E-state index contributed by atoms with van der Waals surface area (Å²) in [5.74, 6) is 0.0906. The van der Waals surface area contributed by atoms with Crippen molar-refractivity contribution in [2.75, 3.05) is 19.3 Å². The van der Waals surface area contributed by atoms with E-state index in [4.69, 9.17) is 5.73 Å². The number of rotatable bonds is 6. The molecule has 1 aromatic carbocycles. The van der Waals surface area contributed by atoms with Crippen LogP contribution < -0.4 is 5.73 Å². The van der Waals surface area contributed by atoms with Gasteiger partial charge < -0.3 is 10.6 Å². The highest BCUT2D eigenvalue weighted by Crippen LogP contribution is 2.06. The zero-order valence-corrected chi connectivity index (χ0v) is 11.5. The van der Waals surface area contributed by atoms with E-state index in [9.17, 15) is 4.79 Å². The first-order valence-corrected chi connectivity index (χ1v) is 6.64. The smallest absolute Gasteiger partial charge is 0.290 e. The van der Waals surface area contributed by atoms with Crippen molar-refractivity contribution in [1.82, 2.24) is 20.1 Å². The van der Waals surface area contributed by atoms with Gasteiger partial charge in [0.1, 0.15) is 0 Å². The Morgan fingerprint density at radius 1 is 1.30 bits per heavy atom. The average Bonchev–Trinajstić information content (AvgIpc) is 2.90. The number of benzene rings is 1. The normalized spacial score (nSPS) is 10.4. The second-order valence-corrected chi connectivity index (χ2v) is 4.71. The van der Waals surface area contributed by atoms with Crippen molar-refractivity contribution >= 4 is 11.9 Å². The number of hydrogen-bond donors (Lipinski definition) is 2. The topological polar surface area (TPSA) is 87.9 Å². The number of carbonyl (C=O) groups is 1. The quantitative estimate of drug-likeness (QED) is 0.780. The van der Waals surface area contributed by atoms with Gasteiger partial charge in [-0.3, -0.25) is 9.89 Å². The van der Waals surface area contributed by atoms with Gasteiger partial charge in [0.2, 0.25) is 11.8 Å². The largest absolute Gasteiger partial charge is 0.366 e. The van der Waals surface area contributed by atoms with Crippen LogP contribution in [0.25, 0.3) is 0 Å². The van der Waals surface area contributed by atoms with Gasteiger partial charge in [-0.2, -0.15) is 4.98 Å². The number of nitrogens with two attached hydrogens (primary N) is 1. The molecule has 0 unspecified atom stereocenters. The number of amides is 1. The van der Waals surface area contributed by atoms with Crippen LogP contribution in [0.5, 0.6) is 0 Å². The summed E-state index contributed by atoms with van der Waals surface area (Å²) in [4.78, 5) is 17.4. The predicted octanol–water partition coefficient (Wildman–Crippen LogP) is 1.48. The van der Waals surface area contributed by atoms with Crippen LogP contribution in [0.15, 0.2) is 30.3 Å². The number of unbranched alkanes of at least 4 members (excludes halogenated alkanes) is 1. The fourth-order valence-corrected chi connectivity index (χ4v) is 1.98. The second kappa shape index (κ2) is 6.70. The number of nitrogens with one attached hydrogen (secondary N) is 1. The Hall–Kier alpha value is -2.37. The molecule has 0 radical (unpaired) electrons. The molecular formula is C14H19N5O. The van der Waals surface area contributed by atoms with E-state index < -0.39 is 0 Å². The van der Waals surface area contributed by atoms with Crippen LogP contribution in [-0.4, -0.2) is 39.6 Å². The molecule has 0 aliphatic heterocycles. The van der Waals surface area contributed by atoms with Gasteiger partial charge in [0.25, 0.3) is 5.91 Å². The van der Waals surface area contributed by atoms with Gasteiger partial charge in [-0.05, 0) is 24.8 Å². The highest BCUT2D eigenvalue weighted by Gasteiger charge is 2.15. The lowest BCUT2D eigenvalue weighted by Gasteiger charge is -2.15. The van der Waals surface area contributed by atoms with Crippen molar-refractivity contribution in [3.05, 3.63) is 41.7 Å². The maximum atomic E-state index is 12.0. The van der Waals surface area contributed by atoms with Crippen molar-refractivity contribution in [3.63, 3.8) is 0 Å². The molecule has 0 fully saturated rings. The molecule has 20 heavy (non-hydrogen) atoms. The molecule has 6 heteroatoms. The molecule has 2 rings (SSSR count). The van der Waals surface area contributed by atoms with E-state index in [-0.39, 0.29) is 17.7 Å². The van der Waals surface area contributed by atoms with Gasteiger partial charge >= 0.3 is 0 Å². The molecular weight excluding hydrogens is 254 g/mol. The number of H-pyrrole nitrogens is 1. The lowest BCUT2D eigenvalue weighted by Crippen LogP contribution is -2.28. The van der Waals surface area contributed by atoms with Gasteiger partial charge in [0.15, 0.2) is 0 Å². The summed E-state index contributed by atoms with van der Waals surface area (Å²) in [6, 6.07) is 10.3. The van der Waals surface area contributed by atoms with Crippen molar-refractivity contribution in [2.45, 2.75) is 19.3 Å². The third-order valence-corrected chi connectivity index (χ3v) is 3.10. The minimum Gasteiger partial charge on any atom is -0.366 e. The highest BCUT2D eigenvalue weighted by atomic mass is 16.2. The number of nitrogen functional groups attached to an aromatic ring is 1. The summed E-state index contributed by atoms with van der Waals surface area (Å²) in [5.41, 5.74) is 6.70. The van der Waals surface area contributed by atoms with Crippen LogP contribution in [0.4, 0.5) is 5.95 Å². The zero-order chi connectivity index (χ0) is 14.4. The molecule has 1 amide bonds. The summed E-state index contributed by atoms with van der Waals surface area (Å²) < 4.78 is 0. The van der Waals surface area contributed by atoms with Crippen LogP contribution in [0.3, 0.4) is 0 Å². The number of aryl methyl sites for hydroxylation is 1. The van der Waals surface area contributed by atoms with Crippen LogP contribution in [0.2, 0.25) is 0 Å². The van der Waals surface area contributed by atoms with E-state index in [1.807, 2.05) is 18.2 Å². The Morgan fingerprint density at radius 2 is 2.05 bits per heavy atom. The second-order valence-electron chi connectivity index (χ2n) is 4.71. The molecule has 0 atom stereocenters. The minimum atomic E-state index is -0.186. The lowest BCUT2D eigenvalue weighted by molar-refractivity contribution is 0.0781. The summed E-state index contributed by atoms with van der Waals surface area (Å²) in [5, 5.41) is 6.18. The van der Waals surface area contributed by atoms with Crippen molar-refractivity contribution in [3.8, 4) is 0 Å². The van der Waals surface area contributed by atoms with Gasteiger partial charge in [-0.25, -0.2) is 0 Å². The van der Waals surface area contributed by atoms with Gasteiger partial charge in [-0.1, -0.05) is 30.3 Å². The van der Waals surface area contributed by atoms with Crippen molar-refractivity contribution < 1.29 is 4.79 Å². The Morgan fingerprint density at radius 3 is 2.70 bits per heavy atom. The zero-order valence-electron chi connectivity index (χ0n) is 11.5. The highest BCUT2D eigenvalue weighted by molar-refractivity contribution is 5.90. The molecule has 0 saturated carbocycles. The van der Waals surface area contributed by atoms with Crippen LogP contribution in [0, 0.1) is 0 Å². The third-order valence-electron chi connectivity index (χ3n) is 3.10. The molecule has 3 N–H and O–H groups in total. The van der Waals surface area contributed by atoms with Crippen molar-refractivity contribution in [1.29, 1.82) is 0 Å². The molecule has 0 aliphatic rings. The standard InChI is InChI=1S/C14H19N5O/c1-19(13(20)12-16-14(15)18-17-12)10-6-5-9-11-7-3-2-4-8-11/h2-4,7-8H,5-6,9-10H2,1H3,(H3,15,16,17,18). The monoisotopic (exact) mass is 273 g/mol. The first kappa shape index (κ1) is 14.0. The molecule has 2 aromatic rings. The van der Waals surface area contributed by atoms with E-state index in [0.29, 0.717) is 6.54 Å². The van der Waals surface area contributed by atoms with E-state index in [1.165, 1.54) is 5.56 Å². The Balaban J connectivity index is 1.72. The summed E-state index contributed by atoms with van der Waals surface area (Å²) >= 11 is 0. The molecule has 1 heterocycles. The summed E-state index contributed by atoms with van der Waals surface area (Å²) in [6.07, 6.45) is 3.01. The average molecular weight is 273 g/mol. The molecule has 1 aromatic heterocycles. The number of carbonyl (C=O) groups excluding carboxylic acids is 1. The first-order chi connectivity index (χ1) is 9.66. The number of nitrogens with zero attached hydrogens (tertiary/aromatic N) is 3. The van der Waals surface area contributed by atoms with E-state index in [0.717, 1.165) is 19.3 Å². The van der Waals surface area contributed by atoms with Crippen LogP contribution in [-0.2, 0) is 6.42 Å². The fraction of sp³-hybridized carbons (Fsp3) is 0.357. The van der Waals surface area contributed by atoms with Gasteiger partial charge in [0, 0.05) is 13.6 Å². The number of aromatic amines is 1. The molecule has 0 aliphatic carbocycles. The first-order valence-electron chi connectivity index (χ1n) is 6.64. The molecule has 0 bridgehead atoms. The summed E-state index contributed by atoms with van der Waals surface area (Å²) in [7, 11) is 1.75. The van der Waals surface area contributed by atoms with Gasteiger partial charge in [0.05, 0.1) is 0 Å². The third kappa shape index (κ3) is 3.81. The molecule has 0 spiro atoms. The maximum absolute atomic E-state index is 12.0. The molecule has 106 valence electrons. The number of aromatic nitrogens is 3. The maximum Gasteiger partial charge on any atom is 0.290 e. The Bertz CT molecular complexity index is 552. The SMILES string of the molecule is CN(CCCCc1ccccc1)C(=O)c1nc(N)n[nH]1. The lowest BCUT2D eigenvalue weighted by atomic mass is 10.1. The fourth-order valence-electron chi connectivity index (χ4n) is 1.98. The predicted molar refractivity (Wildman–Crippen MR) is 77.1 cm³/mol. The van der Waals surface area contributed by atoms with Crippen LogP contribution >= 0.6 is 0 Å². The van der Waals surface area contributed by atoms with Gasteiger partial charge in [-0.15, -0.1) is 5.10 Å².